The molecule has 202 valence electrons. The lowest BCUT2D eigenvalue weighted by Gasteiger charge is -2.30. The Balaban J connectivity index is 1.55. The van der Waals surface area contributed by atoms with E-state index in [0.717, 1.165) is 16.7 Å². The highest BCUT2D eigenvalue weighted by Crippen LogP contribution is 2.38. The molecule has 0 bridgehead atoms. The Morgan fingerprint density at radius 2 is 1.57 bits per heavy atom. The molecule has 3 N–H and O–H groups in total. The first-order valence-electron chi connectivity index (χ1n) is 12.7. The Bertz CT molecular complexity index is 1670. The SMILES string of the molecule is CC1=C(C(=O)Nc2ccc(C)cc2C)C(c2ccc([N+](=O)[O-])cc2)n2ncc(C(=O)Nc3ccc(C)cc3)c2N1. The van der Waals surface area contributed by atoms with E-state index in [1.807, 2.05) is 63.2 Å². The van der Waals surface area contributed by atoms with Crippen molar-refractivity contribution in [3.63, 3.8) is 0 Å². The van der Waals surface area contributed by atoms with Crippen molar-refractivity contribution in [1.29, 1.82) is 0 Å². The van der Waals surface area contributed by atoms with Gasteiger partial charge in [-0.3, -0.25) is 19.7 Å². The average molecular weight is 537 g/mol. The molecule has 1 atom stereocenters. The van der Waals surface area contributed by atoms with Crippen LogP contribution >= 0.6 is 0 Å². The average Bonchev–Trinajstić information content (AvgIpc) is 3.34. The zero-order valence-corrected chi connectivity index (χ0v) is 22.5. The van der Waals surface area contributed by atoms with Gasteiger partial charge >= 0.3 is 0 Å². The molecular formula is C30H28N6O4. The number of rotatable bonds is 6. The summed E-state index contributed by atoms with van der Waals surface area (Å²) in [6, 6.07) is 18.4. The van der Waals surface area contributed by atoms with E-state index in [-0.39, 0.29) is 17.5 Å². The number of nitro benzene ring substituents is 1. The molecule has 4 aromatic rings. The first-order chi connectivity index (χ1) is 19.1. The highest BCUT2D eigenvalue weighted by atomic mass is 16.6. The van der Waals surface area contributed by atoms with E-state index < -0.39 is 11.0 Å². The molecule has 0 spiro atoms. The van der Waals surface area contributed by atoms with E-state index in [9.17, 15) is 19.7 Å². The van der Waals surface area contributed by atoms with Gasteiger partial charge in [0.15, 0.2) is 0 Å². The summed E-state index contributed by atoms with van der Waals surface area (Å²) in [6.45, 7) is 7.62. The minimum atomic E-state index is -0.747. The number of aryl methyl sites for hydroxylation is 3. The number of aromatic nitrogens is 2. The van der Waals surface area contributed by atoms with Crippen molar-refractivity contribution in [3.05, 3.63) is 122 Å². The molecule has 2 amide bonds. The van der Waals surface area contributed by atoms with Crippen LogP contribution in [0.25, 0.3) is 0 Å². The summed E-state index contributed by atoms with van der Waals surface area (Å²) >= 11 is 0. The minimum Gasteiger partial charge on any atom is -0.343 e. The Hall–Kier alpha value is -5.25. The van der Waals surface area contributed by atoms with Crippen LogP contribution in [0.5, 0.6) is 0 Å². The van der Waals surface area contributed by atoms with E-state index in [1.165, 1.54) is 18.3 Å². The number of hydrogen-bond donors (Lipinski definition) is 3. The van der Waals surface area contributed by atoms with E-state index in [0.29, 0.717) is 39.6 Å². The second-order valence-corrected chi connectivity index (χ2v) is 9.86. The van der Waals surface area contributed by atoms with E-state index in [4.69, 9.17) is 0 Å². The van der Waals surface area contributed by atoms with Gasteiger partial charge in [-0.05, 0) is 69.2 Å². The summed E-state index contributed by atoms with van der Waals surface area (Å²) in [6.07, 6.45) is 1.45. The molecule has 3 aromatic carbocycles. The standard InChI is InChI=1S/C30H28N6O4/c1-17-5-10-22(11-6-17)33-29(37)24-16-31-35-27(21-8-12-23(13-9-21)36(39)40)26(20(4)32-28(24)35)30(38)34-25-14-7-18(2)15-19(25)3/h5-16,27,32H,1-4H3,(H,33,37)(H,34,38). The Morgan fingerprint density at radius 1 is 0.900 bits per heavy atom. The fraction of sp³-hybridized carbons (Fsp3) is 0.167. The number of benzene rings is 3. The lowest BCUT2D eigenvalue weighted by atomic mass is 9.94. The zero-order valence-electron chi connectivity index (χ0n) is 22.5. The van der Waals surface area contributed by atoms with Crippen molar-refractivity contribution in [2.24, 2.45) is 0 Å². The maximum Gasteiger partial charge on any atom is 0.269 e. The number of nitro groups is 1. The lowest BCUT2D eigenvalue weighted by Crippen LogP contribution is -2.32. The van der Waals surface area contributed by atoms with E-state index >= 15 is 0 Å². The fourth-order valence-electron chi connectivity index (χ4n) is 4.78. The summed E-state index contributed by atoms with van der Waals surface area (Å²) in [5.74, 6) is -0.309. The highest BCUT2D eigenvalue weighted by molar-refractivity contribution is 6.09. The molecular weight excluding hydrogens is 508 g/mol. The third-order valence-electron chi connectivity index (χ3n) is 6.87. The molecule has 1 aliphatic heterocycles. The summed E-state index contributed by atoms with van der Waals surface area (Å²) in [7, 11) is 0. The number of carbonyl (C=O) groups is 2. The predicted molar refractivity (Wildman–Crippen MR) is 153 cm³/mol. The largest absolute Gasteiger partial charge is 0.343 e. The third-order valence-corrected chi connectivity index (χ3v) is 6.87. The molecule has 0 aliphatic carbocycles. The van der Waals surface area contributed by atoms with Crippen LogP contribution in [0.3, 0.4) is 0 Å². The number of allylic oxidation sites excluding steroid dienone is 1. The van der Waals surface area contributed by atoms with E-state index in [1.54, 1.807) is 23.7 Å². The smallest absolute Gasteiger partial charge is 0.269 e. The number of nitrogens with one attached hydrogen (secondary N) is 3. The van der Waals surface area contributed by atoms with Gasteiger partial charge in [-0.1, -0.05) is 35.4 Å². The number of amides is 2. The van der Waals surface area contributed by atoms with Crippen molar-refractivity contribution in [2.45, 2.75) is 33.7 Å². The van der Waals surface area contributed by atoms with Crippen LogP contribution in [-0.4, -0.2) is 26.5 Å². The fourth-order valence-corrected chi connectivity index (χ4v) is 4.78. The first-order valence-corrected chi connectivity index (χ1v) is 12.7. The van der Waals surface area contributed by atoms with Crippen molar-refractivity contribution in [3.8, 4) is 0 Å². The Morgan fingerprint density at radius 3 is 2.23 bits per heavy atom. The third kappa shape index (κ3) is 5.06. The number of non-ortho nitro benzene ring substituents is 1. The van der Waals surface area contributed by atoms with Gasteiger partial charge in [0.2, 0.25) is 0 Å². The van der Waals surface area contributed by atoms with Gasteiger partial charge in [0.05, 0.1) is 16.7 Å². The number of carbonyl (C=O) groups excluding carboxylic acids is 2. The maximum atomic E-state index is 13.8. The summed E-state index contributed by atoms with van der Waals surface area (Å²) < 4.78 is 1.56. The van der Waals surface area contributed by atoms with Crippen LogP contribution in [0.4, 0.5) is 22.9 Å². The maximum absolute atomic E-state index is 13.8. The van der Waals surface area contributed by atoms with Crippen LogP contribution in [-0.2, 0) is 4.79 Å². The van der Waals surface area contributed by atoms with Gasteiger partial charge in [0.25, 0.3) is 17.5 Å². The van der Waals surface area contributed by atoms with Crippen LogP contribution < -0.4 is 16.0 Å². The van der Waals surface area contributed by atoms with Crippen molar-refractivity contribution in [1.82, 2.24) is 9.78 Å². The van der Waals surface area contributed by atoms with Gasteiger partial charge in [0, 0.05) is 29.2 Å². The molecule has 10 nitrogen and oxygen atoms in total. The molecule has 0 radical (unpaired) electrons. The van der Waals surface area contributed by atoms with Crippen molar-refractivity contribution >= 4 is 34.7 Å². The first kappa shape index (κ1) is 26.4. The number of fused-ring (bicyclic) bond motifs is 1. The molecule has 1 unspecified atom stereocenters. The van der Waals surface area contributed by atoms with Gasteiger partial charge in [-0.15, -0.1) is 0 Å². The normalized spacial score (nSPS) is 14.2. The molecule has 40 heavy (non-hydrogen) atoms. The van der Waals surface area contributed by atoms with Crippen molar-refractivity contribution in [2.75, 3.05) is 16.0 Å². The van der Waals surface area contributed by atoms with Gasteiger partial charge < -0.3 is 16.0 Å². The minimum absolute atomic E-state index is 0.0708. The molecule has 1 aromatic heterocycles. The number of nitrogens with zero attached hydrogens (tertiary/aromatic N) is 3. The molecule has 2 heterocycles. The Labute approximate surface area is 230 Å². The molecule has 5 rings (SSSR count). The molecule has 0 fully saturated rings. The second-order valence-electron chi connectivity index (χ2n) is 9.86. The van der Waals surface area contributed by atoms with Crippen LogP contribution in [0.1, 0.15) is 45.6 Å². The zero-order chi connectivity index (χ0) is 28.6. The Kier molecular flexibility index (Phi) is 6.91. The van der Waals surface area contributed by atoms with Crippen LogP contribution in [0.15, 0.2) is 84.2 Å². The number of hydrogen-bond acceptors (Lipinski definition) is 6. The quantitative estimate of drug-likeness (QED) is 0.208. The molecule has 1 aliphatic rings. The summed E-state index contributed by atoms with van der Waals surface area (Å²) in [4.78, 5) is 37.8. The summed E-state index contributed by atoms with van der Waals surface area (Å²) in [5, 5.41) is 24.9. The number of anilines is 3. The van der Waals surface area contributed by atoms with Gasteiger partial charge in [-0.25, -0.2) is 4.68 Å². The monoisotopic (exact) mass is 536 g/mol. The summed E-state index contributed by atoms with van der Waals surface area (Å²) in [5.41, 5.74) is 6.09. The molecule has 0 saturated heterocycles. The van der Waals surface area contributed by atoms with Crippen LogP contribution in [0.2, 0.25) is 0 Å². The highest BCUT2D eigenvalue weighted by Gasteiger charge is 2.35. The van der Waals surface area contributed by atoms with Crippen LogP contribution in [0, 0.1) is 30.9 Å². The van der Waals surface area contributed by atoms with Gasteiger partial charge in [-0.2, -0.15) is 5.10 Å². The molecule has 10 heteroatoms. The predicted octanol–water partition coefficient (Wildman–Crippen LogP) is 5.90. The second kappa shape index (κ2) is 10.5. The van der Waals surface area contributed by atoms with Gasteiger partial charge in [0.1, 0.15) is 17.4 Å². The lowest BCUT2D eigenvalue weighted by molar-refractivity contribution is -0.384. The van der Waals surface area contributed by atoms with Crippen molar-refractivity contribution < 1.29 is 14.5 Å². The topological polar surface area (TPSA) is 131 Å². The molecule has 0 saturated carbocycles. The van der Waals surface area contributed by atoms with E-state index in [2.05, 4.69) is 21.0 Å².